The SMILES string of the molecule is Fc1ccc(Br)c(NCc2ccc(Cl)s2)c1. The van der Waals surface area contributed by atoms with Crippen molar-refractivity contribution in [3.8, 4) is 0 Å². The van der Waals surface area contributed by atoms with Gasteiger partial charge in [0.1, 0.15) is 5.82 Å². The number of anilines is 1. The summed E-state index contributed by atoms with van der Waals surface area (Å²) in [6.07, 6.45) is 0. The molecule has 0 fully saturated rings. The third-order valence-electron chi connectivity index (χ3n) is 2.01. The van der Waals surface area contributed by atoms with E-state index in [2.05, 4.69) is 21.2 Å². The van der Waals surface area contributed by atoms with Crippen LogP contribution in [-0.2, 0) is 6.54 Å². The molecular formula is C11H8BrClFNS. The molecule has 5 heteroatoms. The molecular weight excluding hydrogens is 313 g/mol. The molecule has 0 saturated carbocycles. The summed E-state index contributed by atoms with van der Waals surface area (Å²) in [4.78, 5) is 1.11. The van der Waals surface area contributed by atoms with E-state index >= 15 is 0 Å². The average Bonchev–Trinajstić information content (AvgIpc) is 2.66. The predicted molar refractivity (Wildman–Crippen MR) is 70.8 cm³/mol. The third-order valence-corrected chi connectivity index (χ3v) is 3.93. The van der Waals surface area contributed by atoms with E-state index in [-0.39, 0.29) is 5.82 Å². The van der Waals surface area contributed by atoms with Gasteiger partial charge in [-0.2, -0.15) is 0 Å². The molecule has 0 aliphatic rings. The first-order valence-corrected chi connectivity index (χ1v) is 6.57. The van der Waals surface area contributed by atoms with E-state index in [4.69, 9.17) is 11.6 Å². The zero-order chi connectivity index (χ0) is 11.5. The standard InChI is InChI=1S/C11H8BrClFNS/c12-9-3-1-7(14)5-10(9)15-6-8-2-4-11(13)16-8/h1-5,15H,6H2. The van der Waals surface area contributed by atoms with E-state index in [1.165, 1.54) is 23.5 Å². The summed E-state index contributed by atoms with van der Waals surface area (Å²) in [7, 11) is 0. The molecule has 0 spiro atoms. The second-order valence-corrected chi connectivity index (χ2v) is 5.84. The van der Waals surface area contributed by atoms with Gasteiger partial charge in [0.15, 0.2) is 0 Å². The molecule has 0 aliphatic carbocycles. The van der Waals surface area contributed by atoms with Crippen LogP contribution < -0.4 is 5.32 Å². The van der Waals surface area contributed by atoms with Gasteiger partial charge in [0, 0.05) is 15.9 Å². The summed E-state index contributed by atoms with van der Waals surface area (Å²) in [6, 6.07) is 8.35. The summed E-state index contributed by atoms with van der Waals surface area (Å²) in [5.41, 5.74) is 0.740. The molecule has 0 saturated heterocycles. The fourth-order valence-electron chi connectivity index (χ4n) is 1.26. The van der Waals surface area contributed by atoms with E-state index in [1.807, 2.05) is 12.1 Å². The molecule has 0 unspecified atom stereocenters. The smallest absolute Gasteiger partial charge is 0.125 e. The highest BCUT2D eigenvalue weighted by molar-refractivity contribution is 9.10. The minimum absolute atomic E-state index is 0.255. The molecule has 16 heavy (non-hydrogen) atoms. The summed E-state index contributed by atoms with van der Waals surface area (Å²) < 4.78 is 14.6. The maximum absolute atomic E-state index is 13.0. The van der Waals surface area contributed by atoms with Crippen LogP contribution in [0.3, 0.4) is 0 Å². The predicted octanol–water partition coefficient (Wildman–Crippen LogP) is 4.92. The Kier molecular flexibility index (Phi) is 3.84. The van der Waals surface area contributed by atoms with Crippen LogP contribution in [0.5, 0.6) is 0 Å². The highest BCUT2D eigenvalue weighted by Gasteiger charge is 2.02. The van der Waals surface area contributed by atoms with Gasteiger partial charge >= 0.3 is 0 Å². The maximum atomic E-state index is 13.0. The topological polar surface area (TPSA) is 12.0 Å². The molecule has 1 aromatic heterocycles. The van der Waals surface area contributed by atoms with Crippen LogP contribution in [0.25, 0.3) is 0 Å². The first-order chi connectivity index (χ1) is 7.65. The van der Waals surface area contributed by atoms with E-state index < -0.39 is 0 Å². The van der Waals surface area contributed by atoms with E-state index in [0.717, 1.165) is 19.4 Å². The monoisotopic (exact) mass is 319 g/mol. The Bertz CT molecular complexity index is 500. The minimum atomic E-state index is -0.255. The van der Waals surface area contributed by atoms with E-state index in [9.17, 15) is 4.39 Å². The van der Waals surface area contributed by atoms with Crippen molar-refractivity contribution in [2.24, 2.45) is 0 Å². The van der Waals surface area contributed by atoms with Crippen molar-refractivity contribution in [1.29, 1.82) is 0 Å². The van der Waals surface area contributed by atoms with Crippen molar-refractivity contribution in [1.82, 2.24) is 0 Å². The Balaban J connectivity index is 2.07. The van der Waals surface area contributed by atoms with Gasteiger partial charge in [-0.05, 0) is 46.3 Å². The summed E-state index contributed by atoms with van der Waals surface area (Å²) >= 11 is 10.7. The maximum Gasteiger partial charge on any atom is 0.125 e. The lowest BCUT2D eigenvalue weighted by Gasteiger charge is -2.07. The minimum Gasteiger partial charge on any atom is -0.379 e. The van der Waals surface area contributed by atoms with Crippen LogP contribution >= 0.6 is 38.9 Å². The molecule has 1 aromatic carbocycles. The van der Waals surface area contributed by atoms with Crippen molar-refractivity contribution in [3.05, 3.63) is 49.8 Å². The molecule has 1 heterocycles. The molecule has 2 rings (SSSR count). The number of halogens is 3. The van der Waals surface area contributed by atoms with Gasteiger partial charge < -0.3 is 5.32 Å². The van der Waals surface area contributed by atoms with Gasteiger partial charge in [-0.3, -0.25) is 0 Å². The number of benzene rings is 1. The Morgan fingerprint density at radius 1 is 1.31 bits per heavy atom. The Morgan fingerprint density at radius 2 is 2.12 bits per heavy atom. The van der Waals surface area contributed by atoms with Crippen molar-refractivity contribution in [2.75, 3.05) is 5.32 Å². The average molecular weight is 321 g/mol. The Morgan fingerprint density at radius 3 is 2.81 bits per heavy atom. The van der Waals surface area contributed by atoms with Crippen molar-refractivity contribution in [3.63, 3.8) is 0 Å². The highest BCUT2D eigenvalue weighted by Crippen LogP contribution is 2.26. The fraction of sp³-hybridized carbons (Fsp3) is 0.0909. The van der Waals surface area contributed by atoms with Crippen LogP contribution in [0.1, 0.15) is 4.88 Å². The summed E-state index contributed by atoms with van der Waals surface area (Å²) in [6.45, 7) is 0.638. The van der Waals surface area contributed by atoms with Gasteiger partial charge in [-0.15, -0.1) is 11.3 Å². The van der Waals surface area contributed by atoms with Gasteiger partial charge in [0.05, 0.1) is 10.0 Å². The van der Waals surface area contributed by atoms with Gasteiger partial charge in [0.2, 0.25) is 0 Å². The number of hydrogen-bond acceptors (Lipinski definition) is 2. The van der Waals surface area contributed by atoms with Crippen LogP contribution in [0.2, 0.25) is 4.34 Å². The van der Waals surface area contributed by atoms with Crippen molar-refractivity contribution in [2.45, 2.75) is 6.54 Å². The van der Waals surface area contributed by atoms with E-state index in [1.54, 1.807) is 6.07 Å². The number of hydrogen-bond donors (Lipinski definition) is 1. The van der Waals surface area contributed by atoms with Gasteiger partial charge in [-0.25, -0.2) is 4.39 Å². The molecule has 0 amide bonds. The number of rotatable bonds is 3. The normalized spacial score (nSPS) is 10.4. The molecule has 84 valence electrons. The second-order valence-electron chi connectivity index (χ2n) is 3.18. The second kappa shape index (κ2) is 5.17. The van der Waals surface area contributed by atoms with Crippen molar-refractivity contribution >= 4 is 44.6 Å². The summed E-state index contributed by atoms with van der Waals surface area (Å²) in [5.74, 6) is -0.255. The number of nitrogens with one attached hydrogen (secondary N) is 1. The van der Waals surface area contributed by atoms with Crippen LogP contribution in [0, 0.1) is 5.82 Å². The van der Waals surface area contributed by atoms with Crippen LogP contribution in [0.15, 0.2) is 34.8 Å². The molecule has 1 N–H and O–H groups in total. The van der Waals surface area contributed by atoms with Gasteiger partial charge in [0.25, 0.3) is 0 Å². The first-order valence-electron chi connectivity index (χ1n) is 4.58. The van der Waals surface area contributed by atoms with E-state index in [0.29, 0.717) is 6.54 Å². The lowest BCUT2D eigenvalue weighted by atomic mass is 10.3. The largest absolute Gasteiger partial charge is 0.379 e. The lowest BCUT2D eigenvalue weighted by molar-refractivity contribution is 0.628. The molecule has 0 radical (unpaired) electrons. The van der Waals surface area contributed by atoms with Crippen LogP contribution in [0.4, 0.5) is 10.1 Å². The molecule has 0 atom stereocenters. The molecule has 0 bridgehead atoms. The highest BCUT2D eigenvalue weighted by atomic mass is 79.9. The Labute approximate surface area is 110 Å². The Hall–Kier alpha value is -0.580. The molecule has 1 nitrogen and oxygen atoms in total. The zero-order valence-electron chi connectivity index (χ0n) is 8.14. The first kappa shape index (κ1) is 11.9. The van der Waals surface area contributed by atoms with Crippen molar-refractivity contribution < 1.29 is 4.39 Å². The zero-order valence-corrected chi connectivity index (χ0v) is 11.3. The lowest BCUT2D eigenvalue weighted by Crippen LogP contribution is -1.98. The number of thiophene rings is 1. The van der Waals surface area contributed by atoms with Crippen LogP contribution in [-0.4, -0.2) is 0 Å². The summed E-state index contributed by atoms with van der Waals surface area (Å²) in [5, 5.41) is 3.15. The van der Waals surface area contributed by atoms with Gasteiger partial charge in [-0.1, -0.05) is 11.6 Å². The molecule has 2 aromatic rings. The fourth-order valence-corrected chi connectivity index (χ4v) is 2.68. The molecule has 0 aliphatic heterocycles. The quantitative estimate of drug-likeness (QED) is 0.847. The third kappa shape index (κ3) is 2.97.